The first kappa shape index (κ1) is 13.6. The smallest absolute Gasteiger partial charge is 0.313 e. The van der Waals surface area contributed by atoms with E-state index in [9.17, 15) is 9.59 Å². The molecule has 4 nitrogen and oxygen atoms in total. The van der Waals surface area contributed by atoms with Gasteiger partial charge >= 0.3 is 5.97 Å². The fourth-order valence-corrected chi connectivity index (χ4v) is 1.94. The standard InChI is InChI=1S/C12H15NO3S/c1-2-11(14)13-10-5-3-4-9(6-10)7-17-8-12(15)16/h3-6H,2,7-8H2,1H3,(H,13,14)(H,15,16). The fraction of sp³-hybridized carbons (Fsp3) is 0.333. The predicted octanol–water partition coefficient (Wildman–Crippen LogP) is 2.35. The Morgan fingerprint density at radius 1 is 1.41 bits per heavy atom. The van der Waals surface area contributed by atoms with Crippen molar-refractivity contribution in [2.45, 2.75) is 19.1 Å². The monoisotopic (exact) mass is 253 g/mol. The fourth-order valence-electron chi connectivity index (χ4n) is 1.24. The van der Waals surface area contributed by atoms with Gasteiger partial charge in [-0.3, -0.25) is 9.59 Å². The lowest BCUT2D eigenvalue weighted by molar-refractivity contribution is -0.133. The van der Waals surface area contributed by atoms with Gasteiger partial charge in [0.1, 0.15) is 0 Å². The van der Waals surface area contributed by atoms with E-state index in [0.29, 0.717) is 12.2 Å². The number of rotatable bonds is 6. The van der Waals surface area contributed by atoms with Crippen LogP contribution in [0.2, 0.25) is 0 Å². The molecule has 0 aliphatic carbocycles. The number of carboxylic acid groups (broad SMARTS) is 1. The molecule has 0 fully saturated rings. The first-order chi connectivity index (χ1) is 8.11. The summed E-state index contributed by atoms with van der Waals surface area (Å²) in [4.78, 5) is 21.6. The van der Waals surface area contributed by atoms with E-state index in [1.807, 2.05) is 24.3 Å². The third kappa shape index (κ3) is 5.40. The number of amides is 1. The molecule has 0 bridgehead atoms. The lowest BCUT2D eigenvalue weighted by atomic mass is 10.2. The summed E-state index contributed by atoms with van der Waals surface area (Å²) in [6.07, 6.45) is 0.442. The average molecular weight is 253 g/mol. The molecule has 1 amide bonds. The zero-order chi connectivity index (χ0) is 12.7. The maximum Gasteiger partial charge on any atom is 0.313 e. The maximum atomic E-state index is 11.2. The summed E-state index contributed by atoms with van der Waals surface area (Å²) in [7, 11) is 0. The maximum absolute atomic E-state index is 11.2. The average Bonchev–Trinajstić information content (AvgIpc) is 2.29. The van der Waals surface area contributed by atoms with Crippen LogP contribution >= 0.6 is 11.8 Å². The molecule has 1 rings (SSSR count). The third-order valence-corrected chi connectivity index (χ3v) is 3.01. The number of aliphatic carboxylic acids is 1. The predicted molar refractivity (Wildman–Crippen MR) is 69.2 cm³/mol. The molecule has 0 atom stereocenters. The molecular weight excluding hydrogens is 238 g/mol. The lowest BCUT2D eigenvalue weighted by Gasteiger charge is -2.06. The number of carbonyl (C=O) groups is 2. The van der Waals surface area contributed by atoms with E-state index in [-0.39, 0.29) is 11.7 Å². The van der Waals surface area contributed by atoms with Crippen LogP contribution < -0.4 is 5.32 Å². The first-order valence-electron chi connectivity index (χ1n) is 5.30. The van der Waals surface area contributed by atoms with Gasteiger partial charge in [-0.1, -0.05) is 19.1 Å². The minimum Gasteiger partial charge on any atom is -0.481 e. The van der Waals surface area contributed by atoms with Gasteiger partial charge in [-0.15, -0.1) is 11.8 Å². The summed E-state index contributed by atoms with van der Waals surface area (Å²) < 4.78 is 0. The molecule has 0 saturated heterocycles. The molecule has 0 heterocycles. The van der Waals surface area contributed by atoms with Crippen molar-refractivity contribution in [1.29, 1.82) is 0 Å². The van der Waals surface area contributed by atoms with Crippen molar-refractivity contribution in [2.24, 2.45) is 0 Å². The Kier molecular flexibility index (Phi) is 5.56. The minimum absolute atomic E-state index is 0.0275. The molecule has 0 spiro atoms. The Morgan fingerprint density at radius 2 is 2.18 bits per heavy atom. The zero-order valence-corrected chi connectivity index (χ0v) is 10.4. The van der Waals surface area contributed by atoms with Gasteiger partial charge in [-0.05, 0) is 17.7 Å². The number of carbonyl (C=O) groups excluding carboxylic acids is 1. The molecular formula is C12H15NO3S. The summed E-state index contributed by atoms with van der Waals surface area (Å²) in [5.41, 5.74) is 1.76. The van der Waals surface area contributed by atoms with Gasteiger partial charge in [0.05, 0.1) is 5.75 Å². The van der Waals surface area contributed by atoms with Crippen LogP contribution in [-0.4, -0.2) is 22.7 Å². The quantitative estimate of drug-likeness (QED) is 0.816. The first-order valence-corrected chi connectivity index (χ1v) is 6.45. The molecule has 92 valence electrons. The highest BCUT2D eigenvalue weighted by Gasteiger charge is 2.01. The second-order valence-electron chi connectivity index (χ2n) is 3.49. The normalized spacial score (nSPS) is 9.94. The Hall–Kier alpha value is -1.49. The van der Waals surface area contributed by atoms with E-state index in [1.165, 1.54) is 11.8 Å². The molecule has 0 radical (unpaired) electrons. The number of benzene rings is 1. The van der Waals surface area contributed by atoms with Crippen molar-refractivity contribution in [3.05, 3.63) is 29.8 Å². The highest BCUT2D eigenvalue weighted by molar-refractivity contribution is 7.99. The number of hydrogen-bond acceptors (Lipinski definition) is 3. The number of hydrogen-bond donors (Lipinski definition) is 2. The van der Waals surface area contributed by atoms with Gasteiger partial charge in [0.15, 0.2) is 0 Å². The van der Waals surface area contributed by atoms with Gasteiger partial charge in [0.2, 0.25) is 5.91 Å². The molecule has 1 aromatic rings. The Bertz CT molecular complexity index is 406. The molecule has 0 aliphatic rings. The van der Waals surface area contributed by atoms with E-state index >= 15 is 0 Å². The topological polar surface area (TPSA) is 66.4 Å². The number of nitrogens with one attached hydrogen (secondary N) is 1. The number of thioether (sulfide) groups is 1. The van der Waals surface area contributed by atoms with Crippen molar-refractivity contribution in [3.8, 4) is 0 Å². The minimum atomic E-state index is -0.814. The number of anilines is 1. The molecule has 5 heteroatoms. The van der Waals surface area contributed by atoms with Crippen LogP contribution in [-0.2, 0) is 15.3 Å². The van der Waals surface area contributed by atoms with Crippen LogP contribution in [0.15, 0.2) is 24.3 Å². The second-order valence-corrected chi connectivity index (χ2v) is 4.47. The Labute approximate surface area is 104 Å². The largest absolute Gasteiger partial charge is 0.481 e. The van der Waals surface area contributed by atoms with Gasteiger partial charge < -0.3 is 10.4 Å². The van der Waals surface area contributed by atoms with Gasteiger partial charge in [-0.2, -0.15) is 0 Å². The van der Waals surface area contributed by atoms with Gasteiger partial charge in [0, 0.05) is 17.9 Å². The molecule has 0 unspecified atom stereocenters. The van der Waals surface area contributed by atoms with E-state index in [2.05, 4.69) is 5.32 Å². The van der Waals surface area contributed by atoms with Gasteiger partial charge in [-0.25, -0.2) is 0 Å². The summed E-state index contributed by atoms with van der Waals surface area (Å²) in [5, 5.41) is 11.3. The third-order valence-electron chi connectivity index (χ3n) is 2.03. The highest BCUT2D eigenvalue weighted by Crippen LogP contribution is 2.16. The molecule has 0 aromatic heterocycles. The summed E-state index contributed by atoms with van der Waals surface area (Å²) in [6, 6.07) is 7.44. The second kappa shape index (κ2) is 6.96. The lowest BCUT2D eigenvalue weighted by Crippen LogP contribution is -2.09. The van der Waals surface area contributed by atoms with Gasteiger partial charge in [0.25, 0.3) is 0 Å². The number of carboxylic acids is 1. The molecule has 17 heavy (non-hydrogen) atoms. The van der Waals surface area contributed by atoms with Crippen LogP contribution in [0.25, 0.3) is 0 Å². The van der Waals surface area contributed by atoms with Crippen LogP contribution in [0.5, 0.6) is 0 Å². The SMILES string of the molecule is CCC(=O)Nc1cccc(CSCC(=O)O)c1. The molecule has 1 aromatic carbocycles. The zero-order valence-electron chi connectivity index (χ0n) is 9.60. The molecule has 0 saturated carbocycles. The van der Waals surface area contributed by atoms with Crippen molar-refractivity contribution in [3.63, 3.8) is 0 Å². The van der Waals surface area contributed by atoms with Crippen molar-refractivity contribution < 1.29 is 14.7 Å². The van der Waals surface area contributed by atoms with E-state index < -0.39 is 5.97 Å². The van der Waals surface area contributed by atoms with Crippen molar-refractivity contribution in [2.75, 3.05) is 11.1 Å². The van der Waals surface area contributed by atoms with Crippen LogP contribution in [0, 0.1) is 0 Å². The van der Waals surface area contributed by atoms with E-state index in [0.717, 1.165) is 11.3 Å². The van der Waals surface area contributed by atoms with Crippen LogP contribution in [0.4, 0.5) is 5.69 Å². The van der Waals surface area contributed by atoms with Crippen molar-refractivity contribution in [1.82, 2.24) is 0 Å². The van der Waals surface area contributed by atoms with Crippen LogP contribution in [0.3, 0.4) is 0 Å². The highest BCUT2D eigenvalue weighted by atomic mass is 32.2. The summed E-state index contributed by atoms with van der Waals surface area (Å²) >= 11 is 1.34. The Morgan fingerprint density at radius 3 is 2.82 bits per heavy atom. The van der Waals surface area contributed by atoms with Crippen molar-refractivity contribution >= 4 is 29.3 Å². The summed E-state index contributed by atoms with van der Waals surface area (Å²) in [6.45, 7) is 1.79. The molecule has 0 aliphatic heterocycles. The molecule has 2 N–H and O–H groups in total. The van der Waals surface area contributed by atoms with E-state index in [4.69, 9.17) is 5.11 Å². The van der Waals surface area contributed by atoms with E-state index in [1.54, 1.807) is 6.92 Å². The van der Waals surface area contributed by atoms with Crippen LogP contribution in [0.1, 0.15) is 18.9 Å². The Balaban J connectivity index is 2.53. The summed E-state index contributed by atoms with van der Waals surface area (Å²) in [5.74, 6) is -0.126.